The number of likely N-dealkylation sites (tertiary alicyclic amines) is 1. The second-order valence-electron chi connectivity index (χ2n) is 7.57. The van der Waals surface area contributed by atoms with Gasteiger partial charge in [-0.05, 0) is 30.4 Å². The Bertz CT molecular complexity index is 716. The van der Waals surface area contributed by atoms with E-state index in [1.54, 1.807) is 0 Å². The van der Waals surface area contributed by atoms with E-state index in [4.69, 9.17) is 0 Å². The number of nitrogens with zero attached hydrogens (tertiary/aromatic N) is 4. The number of guanidine groups is 1. The van der Waals surface area contributed by atoms with Gasteiger partial charge < -0.3 is 15.5 Å². The molecule has 27 heavy (non-hydrogen) atoms. The number of rotatable bonds is 6. The van der Waals surface area contributed by atoms with Crippen LogP contribution >= 0.6 is 0 Å². The van der Waals surface area contributed by atoms with Gasteiger partial charge in [0.05, 0.1) is 0 Å². The third-order valence-electron chi connectivity index (χ3n) is 4.85. The van der Waals surface area contributed by atoms with Gasteiger partial charge in [-0.3, -0.25) is 10.1 Å². The molecule has 1 aromatic heterocycles. The van der Waals surface area contributed by atoms with Crippen molar-refractivity contribution in [1.82, 2.24) is 30.7 Å². The van der Waals surface area contributed by atoms with Gasteiger partial charge in [-0.15, -0.1) is 0 Å². The molecule has 1 aliphatic heterocycles. The minimum absolute atomic E-state index is 0.486. The van der Waals surface area contributed by atoms with Crippen molar-refractivity contribution in [2.75, 3.05) is 26.7 Å². The molecule has 146 valence electrons. The number of hydrogen-bond acceptors (Lipinski definition) is 4. The smallest absolute Gasteiger partial charge is 0.191 e. The highest BCUT2D eigenvalue weighted by Crippen LogP contribution is 2.15. The normalized spacial score (nSPS) is 16.7. The Labute approximate surface area is 161 Å². The van der Waals surface area contributed by atoms with E-state index in [2.05, 4.69) is 61.7 Å². The second kappa shape index (κ2) is 9.50. The van der Waals surface area contributed by atoms with Crippen molar-refractivity contribution in [1.29, 1.82) is 0 Å². The summed E-state index contributed by atoms with van der Waals surface area (Å²) in [7, 11) is 1.83. The van der Waals surface area contributed by atoms with Gasteiger partial charge in [0, 0.05) is 44.8 Å². The first-order chi connectivity index (χ1) is 13.1. The Hall–Kier alpha value is -2.41. The summed E-state index contributed by atoms with van der Waals surface area (Å²) in [6.07, 6.45) is 3.85. The van der Waals surface area contributed by atoms with Crippen LogP contribution < -0.4 is 10.6 Å². The van der Waals surface area contributed by atoms with Gasteiger partial charge in [0.1, 0.15) is 6.33 Å². The minimum atomic E-state index is 0.486. The highest BCUT2D eigenvalue weighted by Gasteiger charge is 2.20. The Morgan fingerprint density at radius 3 is 2.81 bits per heavy atom. The van der Waals surface area contributed by atoms with E-state index >= 15 is 0 Å². The molecule has 7 heteroatoms. The quantitative estimate of drug-likeness (QED) is 0.537. The molecule has 1 saturated heterocycles. The summed E-state index contributed by atoms with van der Waals surface area (Å²) in [6.45, 7) is 8.80. The van der Waals surface area contributed by atoms with Crippen LogP contribution in [-0.4, -0.2) is 58.8 Å². The van der Waals surface area contributed by atoms with Gasteiger partial charge in [0.25, 0.3) is 0 Å². The number of H-pyrrole nitrogens is 1. The molecule has 0 atom stereocenters. The predicted molar refractivity (Wildman–Crippen MR) is 109 cm³/mol. The van der Waals surface area contributed by atoms with Gasteiger partial charge in [0.2, 0.25) is 0 Å². The summed E-state index contributed by atoms with van der Waals surface area (Å²) in [6, 6.07) is 8.77. The summed E-state index contributed by atoms with van der Waals surface area (Å²) in [4.78, 5) is 11.2. The highest BCUT2D eigenvalue weighted by molar-refractivity contribution is 5.80. The molecule has 2 heterocycles. The average molecular weight is 370 g/mol. The van der Waals surface area contributed by atoms with Crippen LogP contribution in [0.2, 0.25) is 0 Å². The maximum atomic E-state index is 4.39. The Kier molecular flexibility index (Phi) is 6.81. The molecule has 0 bridgehead atoms. The molecular weight excluding hydrogens is 338 g/mol. The van der Waals surface area contributed by atoms with Crippen LogP contribution in [-0.2, 0) is 6.54 Å². The highest BCUT2D eigenvalue weighted by atomic mass is 15.2. The maximum Gasteiger partial charge on any atom is 0.191 e. The van der Waals surface area contributed by atoms with Crippen LogP contribution in [0.15, 0.2) is 35.6 Å². The molecule has 0 spiro atoms. The van der Waals surface area contributed by atoms with Crippen LogP contribution in [0.3, 0.4) is 0 Å². The lowest BCUT2D eigenvalue weighted by molar-refractivity contribution is 0.187. The van der Waals surface area contributed by atoms with Crippen molar-refractivity contribution in [3.63, 3.8) is 0 Å². The summed E-state index contributed by atoms with van der Waals surface area (Å²) in [5.41, 5.74) is 2.21. The number of aromatic nitrogens is 3. The Morgan fingerprint density at radius 2 is 2.15 bits per heavy atom. The number of hydrogen-bond donors (Lipinski definition) is 3. The monoisotopic (exact) mass is 369 g/mol. The number of piperidine rings is 1. The lowest BCUT2D eigenvalue weighted by Gasteiger charge is -2.34. The summed E-state index contributed by atoms with van der Waals surface area (Å²) in [5, 5.41) is 13.8. The zero-order chi connectivity index (χ0) is 19.1. The van der Waals surface area contributed by atoms with Crippen molar-refractivity contribution in [3.05, 3.63) is 36.2 Å². The van der Waals surface area contributed by atoms with Gasteiger partial charge in [0.15, 0.2) is 11.8 Å². The summed E-state index contributed by atoms with van der Waals surface area (Å²) >= 11 is 0. The van der Waals surface area contributed by atoms with Crippen LogP contribution in [0.4, 0.5) is 0 Å². The number of nitrogens with one attached hydrogen (secondary N) is 3. The number of benzene rings is 1. The zero-order valence-corrected chi connectivity index (χ0v) is 16.6. The van der Waals surface area contributed by atoms with Crippen LogP contribution in [0, 0.1) is 5.92 Å². The van der Waals surface area contributed by atoms with Gasteiger partial charge in [-0.1, -0.05) is 32.0 Å². The van der Waals surface area contributed by atoms with Gasteiger partial charge in [-0.25, -0.2) is 4.98 Å². The fourth-order valence-corrected chi connectivity index (χ4v) is 3.52. The fourth-order valence-electron chi connectivity index (χ4n) is 3.52. The van der Waals surface area contributed by atoms with Crippen molar-refractivity contribution >= 4 is 5.96 Å². The zero-order valence-electron chi connectivity index (χ0n) is 16.6. The standard InChI is InChI=1S/C20H31N7/c1-15(2)13-27-9-7-18(8-10-27)25-20(21-3)22-12-16-5-4-6-17(11-16)19-23-14-24-26-19/h4-6,11,14-15,18H,7-10,12-13H2,1-3H3,(H2,21,22,25)(H,23,24,26). The van der Waals surface area contributed by atoms with Crippen LogP contribution in [0.5, 0.6) is 0 Å². The molecule has 0 amide bonds. The molecule has 0 radical (unpaired) electrons. The first-order valence-electron chi connectivity index (χ1n) is 9.78. The fraction of sp³-hybridized carbons (Fsp3) is 0.550. The summed E-state index contributed by atoms with van der Waals surface area (Å²) in [5.74, 6) is 2.38. The molecule has 0 saturated carbocycles. The van der Waals surface area contributed by atoms with Crippen molar-refractivity contribution in [3.8, 4) is 11.4 Å². The van der Waals surface area contributed by atoms with Crippen LogP contribution in [0.1, 0.15) is 32.3 Å². The molecular formula is C20H31N7. The van der Waals surface area contributed by atoms with E-state index in [0.29, 0.717) is 12.6 Å². The molecule has 1 aliphatic rings. The van der Waals surface area contributed by atoms with Gasteiger partial charge >= 0.3 is 0 Å². The molecule has 3 rings (SSSR count). The molecule has 0 aliphatic carbocycles. The first kappa shape index (κ1) is 19.4. The van der Waals surface area contributed by atoms with Gasteiger partial charge in [-0.2, -0.15) is 5.10 Å². The summed E-state index contributed by atoms with van der Waals surface area (Å²) < 4.78 is 0. The van der Waals surface area contributed by atoms with E-state index in [0.717, 1.165) is 49.2 Å². The van der Waals surface area contributed by atoms with E-state index in [-0.39, 0.29) is 0 Å². The molecule has 7 nitrogen and oxygen atoms in total. The molecule has 2 aromatic rings. The largest absolute Gasteiger partial charge is 0.354 e. The number of aliphatic imine (C=N–C) groups is 1. The molecule has 1 fully saturated rings. The van der Waals surface area contributed by atoms with E-state index < -0.39 is 0 Å². The maximum absolute atomic E-state index is 4.39. The second-order valence-corrected chi connectivity index (χ2v) is 7.57. The first-order valence-corrected chi connectivity index (χ1v) is 9.78. The SMILES string of the molecule is CN=C(NCc1cccc(-c2ncn[nH]2)c1)NC1CCN(CC(C)C)CC1. The van der Waals surface area contributed by atoms with Crippen molar-refractivity contribution < 1.29 is 0 Å². The Morgan fingerprint density at radius 1 is 1.33 bits per heavy atom. The Balaban J connectivity index is 1.48. The van der Waals surface area contributed by atoms with Crippen molar-refractivity contribution in [2.24, 2.45) is 10.9 Å². The van der Waals surface area contributed by atoms with E-state index in [1.807, 2.05) is 19.2 Å². The number of aromatic amines is 1. The molecule has 3 N–H and O–H groups in total. The van der Waals surface area contributed by atoms with E-state index in [1.165, 1.54) is 18.4 Å². The lowest BCUT2D eigenvalue weighted by Crippen LogP contribution is -2.48. The third-order valence-corrected chi connectivity index (χ3v) is 4.85. The third kappa shape index (κ3) is 5.79. The molecule has 1 aromatic carbocycles. The van der Waals surface area contributed by atoms with E-state index in [9.17, 15) is 0 Å². The molecule has 0 unspecified atom stereocenters. The topological polar surface area (TPSA) is 81.2 Å². The minimum Gasteiger partial charge on any atom is -0.354 e. The van der Waals surface area contributed by atoms with Crippen molar-refractivity contribution in [2.45, 2.75) is 39.3 Å². The average Bonchev–Trinajstić information content (AvgIpc) is 3.21. The lowest BCUT2D eigenvalue weighted by atomic mass is 10.0. The predicted octanol–water partition coefficient (Wildman–Crippen LogP) is 2.26. The van der Waals surface area contributed by atoms with Crippen LogP contribution in [0.25, 0.3) is 11.4 Å².